The Hall–Kier alpha value is -0.430. The largest absolute Gasteiger partial charge is 0.313 e. The molecule has 0 saturated heterocycles. The molecule has 1 heterocycles. The first-order valence-electron chi connectivity index (χ1n) is 7.82. The molecule has 1 fully saturated rings. The number of thiophene rings is 1. The van der Waals surface area contributed by atoms with Gasteiger partial charge in [0, 0.05) is 19.6 Å². The molecule has 1 aliphatic rings. The van der Waals surface area contributed by atoms with E-state index in [-0.39, 0.29) is 6.04 Å². The fourth-order valence-electron chi connectivity index (χ4n) is 2.81. The third-order valence-electron chi connectivity index (χ3n) is 4.18. The Labute approximate surface area is 132 Å². The highest BCUT2D eigenvalue weighted by Crippen LogP contribution is 2.28. The van der Waals surface area contributed by atoms with E-state index < -0.39 is 10.0 Å². The SMILES string of the molecule is CCNCc1csc(S(=O)(=O)N(C)C2CCCCCC2)c1. The van der Waals surface area contributed by atoms with E-state index in [1.807, 2.05) is 18.4 Å². The summed E-state index contributed by atoms with van der Waals surface area (Å²) in [6, 6.07) is 1.98. The van der Waals surface area contributed by atoms with Crippen LogP contribution in [-0.2, 0) is 16.6 Å². The minimum absolute atomic E-state index is 0.164. The average molecular weight is 331 g/mol. The Morgan fingerprint density at radius 2 is 1.95 bits per heavy atom. The smallest absolute Gasteiger partial charge is 0.252 e. The van der Waals surface area contributed by atoms with Crippen LogP contribution in [0.3, 0.4) is 0 Å². The molecule has 0 spiro atoms. The molecule has 1 N–H and O–H groups in total. The molecule has 1 aromatic rings. The van der Waals surface area contributed by atoms with Crippen LogP contribution in [0.25, 0.3) is 0 Å². The summed E-state index contributed by atoms with van der Waals surface area (Å²) in [4.78, 5) is 0. The van der Waals surface area contributed by atoms with E-state index in [1.54, 1.807) is 11.4 Å². The van der Waals surface area contributed by atoms with Gasteiger partial charge in [-0.15, -0.1) is 11.3 Å². The summed E-state index contributed by atoms with van der Waals surface area (Å²) in [5.41, 5.74) is 1.05. The number of nitrogens with one attached hydrogen (secondary N) is 1. The third-order valence-corrected chi connectivity index (χ3v) is 7.56. The lowest BCUT2D eigenvalue weighted by Crippen LogP contribution is -2.36. The van der Waals surface area contributed by atoms with Crippen LogP contribution in [0, 0.1) is 0 Å². The van der Waals surface area contributed by atoms with Crippen LogP contribution in [0.4, 0.5) is 0 Å². The van der Waals surface area contributed by atoms with Crippen molar-refractivity contribution in [3.05, 3.63) is 17.0 Å². The van der Waals surface area contributed by atoms with Crippen LogP contribution >= 0.6 is 11.3 Å². The molecule has 0 amide bonds. The highest BCUT2D eigenvalue weighted by atomic mass is 32.2. The minimum Gasteiger partial charge on any atom is -0.313 e. The molecule has 21 heavy (non-hydrogen) atoms. The zero-order chi connectivity index (χ0) is 15.3. The van der Waals surface area contributed by atoms with Crippen molar-refractivity contribution in [3.8, 4) is 0 Å². The molecule has 6 heteroatoms. The van der Waals surface area contributed by atoms with Crippen LogP contribution in [0.2, 0.25) is 0 Å². The van der Waals surface area contributed by atoms with Gasteiger partial charge in [-0.25, -0.2) is 8.42 Å². The monoisotopic (exact) mass is 330 g/mol. The topological polar surface area (TPSA) is 49.4 Å². The molecule has 0 radical (unpaired) electrons. The van der Waals surface area contributed by atoms with Gasteiger partial charge < -0.3 is 5.32 Å². The van der Waals surface area contributed by atoms with Crippen molar-refractivity contribution in [1.82, 2.24) is 9.62 Å². The maximum absolute atomic E-state index is 12.7. The molecule has 1 aliphatic carbocycles. The van der Waals surface area contributed by atoms with Gasteiger partial charge in [0.2, 0.25) is 0 Å². The van der Waals surface area contributed by atoms with Crippen molar-refractivity contribution in [3.63, 3.8) is 0 Å². The molecule has 1 aromatic heterocycles. The molecule has 1 saturated carbocycles. The molecule has 120 valence electrons. The first-order valence-corrected chi connectivity index (χ1v) is 10.1. The summed E-state index contributed by atoms with van der Waals surface area (Å²) >= 11 is 1.33. The Morgan fingerprint density at radius 1 is 1.29 bits per heavy atom. The maximum atomic E-state index is 12.7. The van der Waals surface area contributed by atoms with E-state index in [0.717, 1.165) is 44.3 Å². The molecular formula is C15H26N2O2S2. The lowest BCUT2D eigenvalue weighted by molar-refractivity contribution is 0.336. The second-order valence-electron chi connectivity index (χ2n) is 5.72. The van der Waals surface area contributed by atoms with Gasteiger partial charge in [0.1, 0.15) is 4.21 Å². The molecular weight excluding hydrogens is 304 g/mol. The Kier molecular flexibility index (Phi) is 6.22. The first-order chi connectivity index (χ1) is 10.1. The third kappa shape index (κ3) is 4.28. The number of hydrogen-bond acceptors (Lipinski definition) is 4. The van der Waals surface area contributed by atoms with Crippen molar-refractivity contribution >= 4 is 21.4 Å². The minimum atomic E-state index is -3.33. The van der Waals surface area contributed by atoms with Gasteiger partial charge in [-0.2, -0.15) is 4.31 Å². The van der Waals surface area contributed by atoms with Gasteiger partial charge in [-0.1, -0.05) is 32.6 Å². The summed E-state index contributed by atoms with van der Waals surface area (Å²) in [7, 11) is -1.59. The zero-order valence-corrected chi connectivity index (χ0v) is 14.6. The van der Waals surface area contributed by atoms with E-state index in [0.29, 0.717) is 4.21 Å². The van der Waals surface area contributed by atoms with Crippen LogP contribution in [0.5, 0.6) is 0 Å². The lowest BCUT2D eigenvalue weighted by Gasteiger charge is -2.25. The van der Waals surface area contributed by atoms with E-state index >= 15 is 0 Å². The van der Waals surface area contributed by atoms with E-state index in [4.69, 9.17) is 0 Å². The van der Waals surface area contributed by atoms with E-state index in [2.05, 4.69) is 5.32 Å². The highest BCUT2D eigenvalue weighted by molar-refractivity contribution is 7.91. The summed E-state index contributed by atoms with van der Waals surface area (Å²) in [5.74, 6) is 0. The van der Waals surface area contributed by atoms with Crippen molar-refractivity contribution in [1.29, 1.82) is 0 Å². The normalized spacial score (nSPS) is 18.0. The highest BCUT2D eigenvalue weighted by Gasteiger charge is 2.29. The van der Waals surface area contributed by atoms with Crippen molar-refractivity contribution in [2.75, 3.05) is 13.6 Å². The molecule has 0 aliphatic heterocycles. The standard InChI is InChI=1S/C15H26N2O2S2/c1-3-16-11-13-10-15(20-12-13)21(18,19)17(2)14-8-6-4-5-7-9-14/h10,12,14,16H,3-9,11H2,1-2H3. The van der Waals surface area contributed by atoms with Crippen molar-refractivity contribution in [2.45, 2.75) is 62.2 Å². The predicted molar refractivity (Wildman–Crippen MR) is 88.1 cm³/mol. The van der Waals surface area contributed by atoms with Crippen LogP contribution in [-0.4, -0.2) is 32.4 Å². The quantitative estimate of drug-likeness (QED) is 0.815. The van der Waals surface area contributed by atoms with Gasteiger partial charge in [0.05, 0.1) is 0 Å². The van der Waals surface area contributed by atoms with Crippen LogP contribution < -0.4 is 5.32 Å². The fraction of sp³-hybridized carbons (Fsp3) is 0.733. The maximum Gasteiger partial charge on any atom is 0.252 e. The summed E-state index contributed by atoms with van der Waals surface area (Å²) < 4.78 is 27.6. The Morgan fingerprint density at radius 3 is 2.57 bits per heavy atom. The van der Waals surface area contributed by atoms with Crippen molar-refractivity contribution in [2.24, 2.45) is 0 Å². The van der Waals surface area contributed by atoms with Gasteiger partial charge in [-0.3, -0.25) is 0 Å². The van der Waals surface area contributed by atoms with E-state index in [1.165, 1.54) is 24.2 Å². The summed E-state index contributed by atoms with van der Waals surface area (Å²) in [6.07, 6.45) is 6.73. The molecule has 0 aromatic carbocycles. The van der Waals surface area contributed by atoms with Crippen LogP contribution in [0.1, 0.15) is 51.0 Å². The molecule has 4 nitrogen and oxygen atoms in total. The fourth-order valence-corrected chi connectivity index (χ4v) is 5.62. The lowest BCUT2D eigenvalue weighted by atomic mass is 10.1. The van der Waals surface area contributed by atoms with Crippen molar-refractivity contribution < 1.29 is 8.42 Å². The second-order valence-corrected chi connectivity index (χ2v) is 8.86. The van der Waals surface area contributed by atoms with E-state index in [9.17, 15) is 8.42 Å². The molecule has 0 bridgehead atoms. The Balaban J connectivity index is 2.10. The van der Waals surface area contributed by atoms with Crippen LogP contribution in [0.15, 0.2) is 15.7 Å². The summed E-state index contributed by atoms with van der Waals surface area (Å²) in [6.45, 7) is 3.67. The summed E-state index contributed by atoms with van der Waals surface area (Å²) in [5, 5.41) is 5.17. The van der Waals surface area contributed by atoms with Gasteiger partial charge in [0.15, 0.2) is 0 Å². The number of rotatable bonds is 6. The average Bonchev–Trinajstić information content (AvgIpc) is 2.79. The number of hydrogen-bond donors (Lipinski definition) is 1. The molecule has 0 unspecified atom stereocenters. The predicted octanol–water partition coefficient (Wildman–Crippen LogP) is 3.20. The zero-order valence-electron chi connectivity index (χ0n) is 13.0. The van der Waals surface area contributed by atoms with Gasteiger partial charge >= 0.3 is 0 Å². The first kappa shape index (κ1) is 16.9. The Bertz CT molecular complexity index is 532. The number of sulfonamides is 1. The second kappa shape index (κ2) is 7.72. The van der Waals surface area contributed by atoms with Gasteiger partial charge in [-0.05, 0) is 36.4 Å². The number of nitrogens with zero attached hydrogens (tertiary/aromatic N) is 1. The molecule has 2 rings (SSSR count). The molecule has 0 atom stereocenters. The van der Waals surface area contributed by atoms with Gasteiger partial charge in [0.25, 0.3) is 10.0 Å².